The van der Waals surface area contributed by atoms with Gasteiger partial charge in [-0.1, -0.05) is 95.0 Å². The van der Waals surface area contributed by atoms with Crippen molar-refractivity contribution in [2.75, 3.05) is 64.4 Å². The number of nitrogens with zero attached hydrogens (tertiary/aromatic N) is 5. The van der Waals surface area contributed by atoms with E-state index in [0.717, 1.165) is 21.6 Å². The summed E-state index contributed by atoms with van der Waals surface area (Å²) < 4.78 is 0. The number of ketones is 2. The largest absolute Gasteiger partial charge is 0.508 e. The first-order chi connectivity index (χ1) is 66.1. The highest BCUT2D eigenvalue weighted by atomic mass is 32.2. The van der Waals surface area contributed by atoms with Crippen LogP contribution in [0.3, 0.4) is 0 Å². The number of amides is 14. The molecule has 43 nitrogen and oxygen atoms in total. The smallest absolute Gasteiger partial charge is 0.305 e. The number of H-pyrrole nitrogens is 3. The van der Waals surface area contributed by atoms with Crippen LogP contribution in [0.5, 0.6) is 5.75 Å². The first-order valence-corrected chi connectivity index (χ1v) is 48.2. The molecule has 6 aromatic rings. The molecule has 24 N–H and O–H groups in total. The predicted octanol–water partition coefficient (Wildman–Crippen LogP) is -1.02. The van der Waals surface area contributed by atoms with Crippen LogP contribution in [0.2, 0.25) is 0 Å². The summed E-state index contributed by atoms with van der Waals surface area (Å²) in [6, 6.07) is 1.34. The Hall–Kier alpha value is -13.4. The molecule has 4 aliphatic heterocycles. The van der Waals surface area contributed by atoms with Gasteiger partial charge in [0.2, 0.25) is 82.7 Å². The number of aliphatic hydroxyl groups is 2. The minimum Gasteiger partial charge on any atom is -0.508 e. The Morgan fingerprint density at radius 3 is 1.78 bits per heavy atom. The molecule has 3 aromatic heterocycles. The van der Waals surface area contributed by atoms with Gasteiger partial charge in [-0.05, 0) is 118 Å². The number of phenols is 1. The summed E-state index contributed by atoms with van der Waals surface area (Å²) in [4.78, 5) is 270. The fraction of sp³-hybridized carbons (Fsp3) is 0.543. The minimum atomic E-state index is -1.89. The first-order valence-electron chi connectivity index (χ1n) is 47.0. The van der Waals surface area contributed by atoms with E-state index in [2.05, 4.69) is 73.1 Å². The third-order valence-corrected chi connectivity index (χ3v) is 26.7. The number of imidazole rings is 1. The number of carboxylic acids is 1. The second-order valence-corrected chi connectivity index (χ2v) is 36.8. The molecule has 14 amide bonds. The van der Waals surface area contributed by atoms with E-state index in [0.29, 0.717) is 77.0 Å². The molecule has 4 aliphatic rings. The van der Waals surface area contributed by atoms with Crippen LogP contribution in [0.15, 0.2) is 97.7 Å². The van der Waals surface area contributed by atoms with Gasteiger partial charge in [-0.25, -0.2) is 4.98 Å². The first kappa shape index (κ1) is 107. The maximum Gasteiger partial charge on any atom is 0.305 e. The summed E-state index contributed by atoms with van der Waals surface area (Å²) in [5.74, 6) is -21.6. The van der Waals surface area contributed by atoms with Crippen molar-refractivity contribution in [1.82, 2.24) is 92.7 Å². The van der Waals surface area contributed by atoms with Crippen LogP contribution in [0.25, 0.3) is 21.8 Å². The second kappa shape index (κ2) is 51.7. The van der Waals surface area contributed by atoms with Crippen molar-refractivity contribution in [3.05, 3.63) is 120 Å². The third kappa shape index (κ3) is 29.4. The summed E-state index contributed by atoms with van der Waals surface area (Å²) in [6.45, 7) is 2.75. The molecule has 44 heteroatoms. The number of Topliss-reactive ketones (excluding diaryl/α,β-unsaturated/α-hetero) is 2. The number of nitrogens with two attached hydrogens (primary N) is 3. The fourth-order valence-corrected chi connectivity index (χ4v) is 19.0. The molecule has 748 valence electrons. The topological polar surface area (TPSA) is 667 Å². The Kier molecular flexibility index (Phi) is 40.0. The van der Waals surface area contributed by atoms with E-state index in [9.17, 15) is 49.2 Å². The van der Waals surface area contributed by atoms with Crippen molar-refractivity contribution in [3.8, 4) is 5.75 Å². The molecule has 0 aliphatic carbocycles. The number of phenolic OH excluding ortho intramolecular Hbond substituents is 1. The molecule has 0 radical (unpaired) electrons. The lowest BCUT2D eigenvalue weighted by Crippen LogP contribution is -2.61. The van der Waals surface area contributed by atoms with Crippen molar-refractivity contribution >= 4 is 140 Å². The molecule has 138 heavy (non-hydrogen) atoms. The molecule has 0 spiro atoms. The number of hydrogen-bond donors (Lipinski definition) is 21. The number of thioether (sulfide) groups is 1. The normalized spacial score (nSPS) is 25.5. The number of fused-ring (bicyclic) bond motifs is 5. The van der Waals surface area contributed by atoms with E-state index in [1.807, 2.05) is 13.8 Å². The van der Waals surface area contributed by atoms with Crippen LogP contribution < -0.4 is 70.4 Å². The number of unbranched alkanes of at least 4 members (excludes halogenated alkanes) is 2. The number of aliphatic hydroxyl groups excluding tert-OH is 2. The number of benzene rings is 3. The maximum absolute atomic E-state index is 15.9. The highest BCUT2D eigenvalue weighted by Crippen LogP contribution is 2.32. The predicted molar refractivity (Wildman–Crippen MR) is 506 cm³/mol. The average Bonchev–Trinajstić information content (AvgIpc) is 1.67. The highest BCUT2D eigenvalue weighted by molar-refractivity contribution is 8.00. The van der Waals surface area contributed by atoms with Crippen LogP contribution in [-0.2, 0) is 107 Å². The number of aromatic hydroxyl groups is 1. The minimum absolute atomic E-state index is 0.0000495. The molecule has 1 unspecified atom stereocenters. The number of carboxylic acid groups (broad SMARTS) is 1. The number of aliphatic carboxylic acids is 1. The van der Waals surface area contributed by atoms with Gasteiger partial charge in [0.25, 0.3) is 0 Å². The number of aromatic nitrogens is 4. The molecule has 0 saturated carbocycles. The number of aromatic amines is 3. The van der Waals surface area contributed by atoms with Gasteiger partial charge in [-0.15, -0.1) is 11.8 Å². The summed E-state index contributed by atoms with van der Waals surface area (Å²) in [6.07, 6.45) is 3.66. The molecule has 7 heterocycles. The highest BCUT2D eigenvalue weighted by Gasteiger charge is 2.48. The lowest BCUT2D eigenvalue weighted by molar-refractivity contribution is -0.149. The third-order valence-electron chi connectivity index (χ3n) is 25.7. The number of rotatable bonds is 27. The molecule has 10 rings (SSSR count). The zero-order chi connectivity index (χ0) is 100.0. The summed E-state index contributed by atoms with van der Waals surface area (Å²) >= 11 is 0.775. The molecular weight excluding hydrogens is 1810 g/mol. The second-order valence-electron chi connectivity index (χ2n) is 35.7. The summed E-state index contributed by atoms with van der Waals surface area (Å²) in [5, 5.41) is 79.4. The number of guanidine groups is 1. The zero-order valence-electron chi connectivity index (χ0n) is 78.0. The SMILES string of the molecule is CCCC[C@H]1C(=O)N(C)[C@@H](CCCC)C(=O)N[C@@H](CCCNC(=N)N)C(=O)N[C@H](C(=O)NCC(N)=O)CSCC(=O)N[C@@H](Cc2ccc(O)cc2)C(=O)N2CCCC[C@H]2C(=O)N[C@@H](CC(=O)O)C(=O)N2CCC[C@H]2C(=O)N[C@@H](Cc2c[nH]cn2)C(=O)N[C@@H](CCCN)C(=O)N2C[C@H](O)C[C@H]2C(=O)N[C@@H](Cc2c[nH]c3ccccc23)C(=O)C[C@@H](CO)C(=O)N[C@@H](Cc2c[nH]c3ccccc23)C(=O)C1C. The van der Waals surface area contributed by atoms with Gasteiger partial charge in [0, 0.05) is 130 Å². The molecule has 3 aromatic carbocycles. The average molecular weight is 1940 g/mol. The Morgan fingerprint density at radius 1 is 0.580 bits per heavy atom. The molecule has 4 saturated heterocycles. The van der Waals surface area contributed by atoms with Crippen molar-refractivity contribution in [3.63, 3.8) is 0 Å². The number of piperidine rings is 1. The summed E-state index contributed by atoms with van der Waals surface area (Å²) in [5.41, 5.74) is 20.2. The van der Waals surface area contributed by atoms with Crippen LogP contribution in [0.4, 0.5) is 0 Å². The zero-order valence-corrected chi connectivity index (χ0v) is 78.8. The van der Waals surface area contributed by atoms with Crippen molar-refractivity contribution in [2.24, 2.45) is 35.0 Å². The van der Waals surface area contributed by atoms with Crippen molar-refractivity contribution < 1.29 is 102 Å². The van der Waals surface area contributed by atoms with Gasteiger partial charge in [0.05, 0.1) is 61.5 Å². The number of carbonyl (C=O) groups is 17. The Bertz CT molecular complexity index is 5310. The van der Waals surface area contributed by atoms with E-state index in [1.54, 1.807) is 60.9 Å². The van der Waals surface area contributed by atoms with E-state index in [-0.39, 0.29) is 121 Å². The van der Waals surface area contributed by atoms with Gasteiger partial charge < -0.3 is 125 Å². The van der Waals surface area contributed by atoms with Crippen LogP contribution >= 0.6 is 11.8 Å². The van der Waals surface area contributed by atoms with E-state index < -0.39 is 253 Å². The molecule has 16 atom stereocenters. The van der Waals surface area contributed by atoms with Gasteiger partial charge in [0.15, 0.2) is 17.5 Å². The Morgan fingerprint density at radius 2 is 1.15 bits per heavy atom. The number of likely N-dealkylation sites (N-methyl/N-ethyl adjacent to an activating group) is 1. The maximum atomic E-state index is 15.9. The van der Waals surface area contributed by atoms with Gasteiger partial charge in [0.1, 0.15) is 66.2 Å². The molecular formula is C94H130N22O21S. The van der Waals surface area contributed by atoms with Crippen LogP contribution in [0.1, 0.15) is 159 Å². The van der Waals surface area contributed by atoms with Gasteiger partial charge in [-0.3, -0.25) is 86.9 Å². The van der Waals surface area contributed by atoms with E-state index >= 15 is 52.7 Å². The monoisotopic (exact) mass is 1930 g/mol. The fourth-order valence-electron chi connectivity index (χ4n) is 18.2. The van der Waals surface area contributed by atoms with Gasteiger partial charge >= 0.3 is 5.97 Å². The Balaban J connectivity index is 1.03. The quantitative estimate of drug-likeness (QED) is 0.0167. The van der Waals surface area contributed by atoms with Crippen molar-refractivity contribution in [1.29, 1.82) is 5.41 Å². The number of nitrogens with one attached hydrogen (secondary N) is 14. The van der Waals surface area contributed by atoms with Crippen LogP contribution in [0, 0.1) is 23.2 Å². The standard InChI is InChI=1S/C94H130N22O21S/c1-5-7-18-60-52(3)81(125)68(38-55-44-102-64-22-12-10-20-62(55)64)109-82(126)56(48-117)39-77(120)67(37-54-43-101-63-21-11-9-19-61(54)63)108-89(133)76-41-59(119)47-116(76)91(135)66(23-15-32-95)107-85(129)69(40-57-45-99-51-104-57)110-87(131)75-27-17-35-115(75)93(137)71(42-80(123)124)111-88(132)74-26-13-14-34-114(74)92(136)70(36-53-28-30-58(118)31-29-53)105-79(122)50-138-49-72(83(127)103-46-78(96)121)112-84(128)65(24-16-33-100-94(97)98)106-86(130)73(25-8-6-2)113(4)90(60)134/h9-12,19-22,28-31,43-45,51-52,56,59-60,65-76,101-102,117-119H,5-8,13-18,23-27,32-42,46-50,95H2,1-4H3,(H2,96,121)(H,99,104)(H,103,127)(H,105,122)(H,106,130)(H,107,129)(H,108,133)(H,109,126)(H,110,131)(H,111,132)(H,112,128)(H,123,124)(H4,97,98,100)/t52?,56-,59+,60+,65-,66-,67-,68-,69-,70-,71-,72-,73-,74-,75-,76-/m0/s1. The number of primary amides is 1. The molecule has 0 bridgehead atoms. The molecule has 4 fully saturated rings. The lowest BCUT2D eigenvalue weighted by atomic mass is 9.81. The van der Waals surface area contributed by atoms with Gasteiger partial charge in [-0.2, -0.15) is 0 Å². The van der Waals surface area contributed by atoms with Crippen LogP contribution in [-0.4, -0.2) is 309 Å². The summed E-state index contributed by atoms with van der Waals surface area (Å²) in [7, 11) is 1.38. The number of para-hydroxylation sites is 2. The van der Waals surface area contributed by atoms with E-state index in [4.69, 9.17) is 22.6 Å². The van der Waals surface area contributed by atoms with Crippen molar-refractivity contribution in [2.45, 2.75) is 241 Å². The number of hydrogen-bond acceptors (Lipinski definition) is 24. The lowest BCUT2D eigenvalue weighted by Gasteiger charge is -2.38. The van der Waals surface area contributed by atoms with E-state index in [1.165, 1.54) is 60.6 Å². The Labute approximate surface area is 801 Å². The number of carbonyl (C=O) groups excluding carboxylic acids is 16.